The van der Waals surface area contributed by atoms with Crippen LogP contribution in [0.1, 0.15) is 48.9 Å². The lowest BCUT2D eigenvalue weighted by atomic mass is 9.89. The van der Waals surface area contributed by atoms with Gasteiger partial charge in [0.1, 0.15) is 0 Å². The van der Waals surface area contributed by atoms with Crippen LogP contribution in [-0.2, 0) is 22.9 Å². The molecular formula is C20H25NO2S2. The highest BCUT2D eigenvalue weighted by Gasteiger charge is 2.21. The van der Waals surface area contributed by atoms with E-state index in [0.717, 1.165) is 29.7 Å². The molecule has 1 aliphatic carbocycles. The van der Waals surface area contributed by atoms with Crippen LogP contribution >= 0.6 is 11.8 Å². The summed E-state index contributed by atoms with van der Waals surface area (Å²) >= 11 is 1.60. The first-order chi connectivity index (χ1) is 12.0. The van der Waals surface area contributed by atoms with Crippen molar-refractivity contribution in [1.29, 1.82) is 0 Å². The quantitative estimate of drug-likeness (QED) is 0.743. The third-order valence-corrected chi connectivity index (χ3v) is 7.08. The summed E-state index contributed by atoms with van der Waals surface area (Å²) in [6.45, 7) is 2.02. The Labute approximate surface area is 155 Å². The molecular weight excluding hydrogens is 350 g/mol. The zero-order valence-corrected chi connectivity index (χ0v) is 16.4. The van der Waals surface area contributed by atoms with E-state index >= 15 is 0 Å². The molecule has 2 aromatic carbocycles. The van der Waals surface area contributed by atoms with Gasteiger partial charge in [-0.15, -0.1) is 11.8 Å². The van der Waals surface area contributed by atoms with Crippen molar-refractivity contribution in [2.24, 2.45) is 0 Å². The summed E-state index contributed by atoms with van der Waals surface area (Å²) in [4.78, 5) is 1.38. The molecule has 0 amide bonds. The van der Waals surface area contributed by atoms with Gasteiger partial charge in [0, 0.05) is 10.9 Å². The molecule has 1 atom stereocenters. The minimum Gasteiger partial charge on any atom is -0.207 e. The molecule has 25 heavy (non-hydrogen) atoms. The highest BCUT2D eigenvalue weighted by Crippen LogP contribution is 2.27. The van der Waals surface area contributed by atoms with E-state index in [1.165, 1.54) is 24.0 Å². The van der Waals surface area contributed by atoms with Gasteiger partial charge >= 0.3 is 0 Å². The maximum Gasteiger partial charge on any atom is 0.241 e. The summed E-state index contributed by atoms with van der Waals surface area (Å²) in [5, 5.41) is 0. The summed E-state index contributed by atoms with van der Waals surface area (Å²) in [5.41, 5.74) is 3.86. The highest BCUT2D eigenvalue weighted by molar-refractivity contribution is 7.98. The normalized spacial score (nSPS) is 15.6. The largest absolute Gasteiger partial charge is 0.241 e. The van der Waals surface area contributed by atoms with Crippen LogP contribution in [0, 0.1) is 0 Å². The minimum atomic E-state index is -3.53. The lowest BCUT2D eigenvalue weighted by molar-refractivity contribution is 0.549. The molecule has 3 nitrogen and oxygen atoms in total. The summed E-state index contributed by atoms with van der Waals surface area (Å²) in [6.07, 6.45) is 7.41. The Morgan fingerprint density at radius 3 is 2.36 bits per heavy atom. The summed E-state index contributed by atoms with van der Waals surface area (Å²) in [7, 11) is -3.53. The number of hydrogen-bond acceptors (Lipinski definition) is 3. The van der Waals surface area contributed by atoms with E-state index in [0.29, 0.717) is 4.90 Å². The van der Waals surface area contributed by atoms with Crippen LogP contribution in [0.5, 0.6) is 0 Å². The molecule has 3 rings (SSSR count). The maximum absolute atomic E-state index is 12.7. The van der Waals surface area contributed by atoms with Crippen LogP contribution in [0.4, 0.5) is 0 Å². The van der Waals surface area contributed by atoms with Crippen molar-refractivity contribution in [2.75, 3.05) is 6.26 Å². The van der Waals surface area contributed by atoms with Crippen molar-refractivity contribution in [3.05, 3.63) is 59.2 Å². The third kappa shape index (κ3) is 4.27. The third-order valence-electron chi connectivity index (χ3n) is 4.85. The molecule has 0 spiro atoms. The molecule has 1 aliphatic rings. The molecule has 0 aromatic heterocycles. The number of aryl methyl sites for hydroxylation is 2. The fourth-order valence-corrected chi connectivity index (χ4v) is 5.08. The minimum absolute atomic E-state index is 0.197. The molecule has 0 fully saturated rings. The molecule has 0 saturated carbocycles. The van der Waals surface area contributed by atoms with Crippen LogP contribution in [0.3, 0.4) is 0 Å². The van der Waals surface area contributed by atoms with Crippen LogP contribution < -0.4 is 4.72 Å². The standard InChI is InChI=1S/C20H25NO2S2/c1-3-20(17-9-8-15-6-4-5-7-16(15)14-17)21-25(22,23)19-12-10-18(24-2)11-13-19/h8-14,20-21H,3-7H2,1-2H3. The molecule has 1 N–H and O–H groups in total. The van der Waals surface area contributed by atoms with Crippen LogP contribution in [0.25, 0.3) is 0 Å². The van der Waals surface area contributed by atoms with E-state index in [4.69, 9.17) is 0 Å². The van der Waals surface area contributed by atoms with Crippen molar-refractivity contribution >= 4 is 21.8 Å². The van der Waals surface area contributed by atoms with Gasteiger partial charge in [0.05, 0.1) is 4.90 Å². The number of fused-ring (bicyclic) bond motifs is 1. The summed E-state index contributed by atoms with van der Waals surface area (Å²) in [5.74, 6) is 0. The van der Waals surface area contributed by atoms with Crippen molar-refractivity contribution in [2.45, 2.75) is 54.9 Å². The number of rotatable bonds is 6. The number of benzene rings is 2. The second-order valence-electron chi connectivity index (χ2n) is 6.49. The van der Waals surface area contributed by atoms with Crippen LogP contribution in [-0.4, -0.2) is 14.7 Å². The lowest BCUT2D eigenvalue weighted by Gasteiger charge is -2.21. The smallest absolute Gasteiger partial charge is 0.207 e. The fraction of sp³-hybridized carbons (Fsp3) is 0.400. The SMILES string of the molecule is CCC(NS(=O)(=O)c1ccc(SC)cc1)c1ccc2c(c1)CCCC2. The van der Waals surface area contributed by atoms with Gasteiger partial charge < -0.3 is 0 Å². The zero-order valence-electron chi connectivity index (χ0n) is 14.8. The molecule has 0 radical (unpaired) electrons. The Hall–Kier alpha value is -1.30. The van der Waals surface area contributed by atoms with Crippen molar-refractivity contribution in [3.63, 3.8) is 0 Å². The van der Waals surface area contributed by atoms with Gasteiger partial charge in [0.25, 0.3) is 0 Å². The number of nitrogens with one attached hydrogen (secondary N) is 1. The van der Waals surface area contributed by atoms with Gasteiger partial charge in [-0.25, -0.2) is 13.1 Å². The van der Waals surface area contributed by atoms with E-state index in [1.807, 2.05) is 25.3 Å². The van der Waals surface area contributed by atoms with E-state index in [-0.39, 0.29) is 6.04 Å². The van der Waals surface area contributed by atoms with Crippen molar-refractivity contribution in [1.82, 2.24) is 4.72 Å². The zero-order chi connectivity index (χ0) is 17.9. The van der Waals surface area contributed by atoms with Gasteiger partial charge in [-0.3, -0.25) is 0 Å². The topological polar surface area (TPSA) is 46.2 Å². The first kappa shape index (κ1) is 18.5. The Morgan fingerprint density at radius 2 is 1.72 bits per heavy atom. The van der Waals surface area contributed by atoms with Crippen molar-refractivity contribution < 1.29 is 8.42 Å². The molecule has 1 unspecified atom stereocenters. The molecule has 5 heteroatoms. The first-order valence-corrected chi connectivity index (χ1v) is 11.5. The molecule has 0 bridgehead atoms. The Morgan fingerprint density at radius 1 is 1.04 bits per heavy atom. The molecule has 0 heterocycles. The Kier molecular flexibility index (Phi) is 5.87. The summed E-state index contributed by atoms with van der Waals surface area (Å²) in [6, 6.07) is 13.3. The fourth-order valence-electron chi connectivity index (χ4n) is 3.37. The number of sulfonamides is 1. The predicted octanol–water partition coefficient (Wildman–Crippen LogP) is 4.72. The molecule has 0 aliphatic heterocycles. The molecule has 134 valence electrons. The molecule has 2 aromatic rings. The average Bonchev–Trinajstić information content (AvgIpc) is 2.65. The van der Waals surface area contributed by atoms with Gasteiger partial charge in [0.2, 0.25) is 10.0 Å². The number of thioether (sulfide) groups is 1. The van der Waals surface area contributed by atoms with Crippen LogP contribution in [0.15, 0.2) is 52.3 Å². The summed E-state index contributed by atoms with van der Waals surface area (Å²) < 4.78 is 28.4. The van der Waals surface area contributed by atoms with E-state index < -0.39 is 10.0 Å². The van der Waals surface area contributed by atoms with E-state index in [1.54, 1.807) is 23.9 Å². The van der Waals surface area contributed by atoms with Gasteiger partial charge in [-0.05, 0) is 79.3 Å². The van der Waals surface area contributed by atoms with Gasteiger partial charge in [0.15, 0.2) is 0 Å². The van der Waals surface area contributed by atoms with Gasteiger partial charge in [-0.1, -0.05) is 25.1 Å². The molecule has 0 saturated heterocycles. The van der Waals surface area contributed by atoms with Crippen LogP contribution in [0.2, 0.25) is 0 Å². The lowest BCUT2D eigenvalue weighted by Crippen LogP contribution is -2.28. The van der Waals surface area contributed by atoms with E-state index in [9.17, 15) is 8.42 Å². The van der Waals surface area contributed by atoms with Crippen molar-refractivity contribution in [3.8, 4) is 0 Å². The Balaban J connectivity index is 1.83. The second kappa shape index (κ2) is 7.94. The predicted molar refractivity (Wildman–Crippen MR) is 105 cm³/mol. The monoisotopic (exact) mass is 375 g/mol. The first-order valence-electron chi connectivity index (χ1n) is 8.81. The number of hydrogen-bond donors (Lipinski definition) is 1. The van der Waals surface area contributed by atoms with E-state index in [2.05, 4.69) is 22.9 Å². The second-order valence-corrected chi connectivity index (χ2v) is 9.09. The maximum atomic E-state index is 12.7. The Bertz CT molecular complexity index is 829. The average molecular weight is 376 g/mol. The highest BCUT2D eigenvalue weighted by atomic mass is 32.2. The van der Waals surface area contributed by atoms with Gasteiger partial charge in [-0.2, -0.15) is 0 Å².